The number of nitrogens with one attached hydrogen (secondary N) is 1. The molecular formula is C13H19N. The van der Waals surface area contributed by atoms with Gasteiger partial charge in [0.15, 0.2) is 0 Å². The van der Waals surface area contributed by atoms with E-state index in [9.17, 15) is 0 Å². The Balaban J connectivity index is 2.36. The van der Waals surface area contributed by atoms with Crippen LogP contribution in [0.25, 0.3) is 0 Å². The van der Waals surface area contributed by atoms with Crippen LogP contribution in [0.5, 0.6) is 0 Å². The number of benzene rings is 1. The van der Waals surface area contributed by atoms with Gasteiger partial charge in [-0.15, -0.1) is 0 Å². The highest BCUT2D eigenvalue weighted by Gasteiger charge is 2.30. The Morgan fingerprint density at radius 1 is 1.21 bits per heavy atom. The summed E-state index contributed by atoms with van der Waals surface area (Å²) in [5, 5.41) is 3.45. The van der Waals surface area contributed by atoms with Gasteiger partial charge in [0, 0.05) is 12.0 Å². The molecule has 0 saturated carbocycles. The fraction of sp³-hybridized carbons (Fsp3) is 0.538. The maximum Gasteiger partial charge on any atom is 0.00616 e. The molecule has 0 bridgehead atoms. The van der Waals surface area contributed by atoms with Crippen LogP contribution in [0.2, 0.25) is 0 Å². The maximum absolute atomic E-state index is 3.45. The fourth-order valence-electron chi connectivity index (χ4n) is 2.18. The van der Waals surface area contributed by atoms with Gasteiger partial charge in [-0.05, 0) is 43.5 Å². The number of hydrogen-bond donors (Lipinski definition) is 1. The highest BCUT2D eigenvalue weighted by Crippen LogP contribution is 2.30. The lowest BCUT2D eigenvalue weighted by Gasteiger charge is -2.24. The van der Waals surface area contributed by atoms with Gasteiger partial charge in [-0.25, -0.2) is 0 Å². The van der Waals surface area contributed by atoms with Crippen LogP contribution in [0.4, 0.5) is 0 Å². The second-order valence-corrected chi connectivity index (χ2v) is 4.79. The van der Waals surface area contributed by atoms with Crippen LogP contribution >= 0.6 is 0 Å². The van der Waals surface area contributed by atoms with Gasteiger partial charge in [0.1, 0.15) is 0 Å². The molecule has 14 heavy (non-hydrogen) atoms. The lowest BCUT2D eigenvalue weighted by atomic mass is 9.81. The largest absolute Gasteiger partial charge is 0.316 e. The van der Waals surface area contributed by atoms with Crippen molar-refractivity contribution < 1.29 is 0 Å². The standard InChI is InChI=1S/C13H19N/c1-10-4-5-12(8-11(10)2)13(3)6-7-14-9-13/h4-5,8,14H,6-7,9H2,1-3H3. The quantitative estimate of drug-likeness (QED) is 0.716. The summed E-state index contributed by atoms with van der Waals surface area (Å²) in [5.74, 6) is 0. The first-order valence-corrected chi connectivity index (χ1v) is 5.40. The highest BCUT2D eigenvalue weighted by molar-refractivity contribution is 5.35. The summed E-state index contributed by atoms with van der Waals surface area (Å²) in [7, 11) is 0. The first-order chi connectivity index (χ1) is 6.62. The minimum Gasteiger partial charge on any atom is -0.316 e. The molecule has 1 aromatic carbocycles. The Bertz CT molecular complexity index is 335. The van der Waals surface area contributed by atoms with E-state index in [2.05, 4.69) is 44.3 Å². The topological polar surface area (TPSA) is 12.0 Å². The summed E-state index contributed by atoms with van der Waals surface area (Å²) in [6.45, 7) is 9.01. The molecule has 0 amide bonds. The molecule has 1 atom stereocenters. The van der Waals surface area contributed by atoms with Crippen molar-refractivity contribution in [3.8, 4) is 0 Å². The van der Waals surface area contributed by atoms with Crippen LogP contribution in [0.15, 0.2) is 18.2 Å². The SMILES string of the molecule is Cc1ccc(C2(C)CCNC2)cc1C. The zero-order chi connectivity index (χ0) is 10.2. The molecule has 0 radical (unpaired) electrons. The number of hydrogen-bond acceptors (Lipinski definition) is 1. The molecule has 0 spiro atoms. The van der Waals surface area contributed by atoms with Crippen LogP contribution in [-0.2, 0) is 5.41 Å². The molecule has 1 nitrogen and oxygen atoms in total. The lowest BCUT2D eigenvalue weighted by molar-refractivity contribution is 0.524. The zero-order valence-corrected chi connectivity index (χ0v) is 9.35. The number of aryl methyl sites for hydroxylation is 2. The third-order valence-electron chi connectivity index (χ3n) is 3.57. The van der Waals surface area contributed by atoms with E-state index >= 15 is 0 Å². The smallest absolute Gasteiger partial charge is 0.00616 e. The molecule has 0 aromatic heterocycles. The Labute approximate surface area is 86.5 Å². The third-order valence-corrected chi connectivity index (χ3v) is 3.57. The normalized spacial score (nSPS) is 26.8. The molecule has 1 saturated heterocycles. The van der Waals surface area contributed by atoms with Gasteiger partial charge in [-0.3, -0.25) is 0 Å². The summed E-state index contributed by atoms with van der Waals surface area (Å²) < 4.78 is 0. The Hall–Kier alpha value is -0.820. The van der Waals surface area contributed by atoms with Gasteiger partial charge in [0.2, 0.25) is 0 Å². The molecule has 1 aromatic rings. The second-order valence-electron chi connectivity index (χ2n) is 4.79. The molecule has 1 aliphatic heterocycles. The van der Waals surface area contributed by atoms with Crippen molar-refractivity contribution in [3.63, 3.8) is 0 Å². The molecular weight excluding hydrogens is 170 g/mol. The Morgan fingerprint density at radius 3 is 2.57 bits per heavy atom. The van der Waals surface area contributed by atoms with Gasteiger partial charge >= 0.3 is 0 Å². The molecule has 1 heterocycles. The second kappa shape index (κ2) is 3.39. The molecule has 2 rings (SSSR count). The van der Waals surface area contributed by atoms with E-state index in [-0.39, 0.29) is 0 Å². The summed E-state index contributed by atoms with van der Waals surface area (Å²) in [6.07, 6.45) is 1.26. The lowest BCUT2D eigenvalue weighted by Crippen LogP contribution is -2.24. The van der Waals surface area contributed by atoms with E-state index in [1.54, 1.807) is 0 Å². The van der Waals surface area contributed by atoms with Gasteiger partial charge in [0.05, 0.1) is 0 Å². The van der Waals surface area contributed by atoms with E-state index in [1.165, 1.54) is 23.1 Å². The maximum atomic E-state index is 3.45. The van der Waals surface area contributed by atoms with Crippen LogP contribution in [0.1, 0.15) is 30.0 Å². The van der Waals surface area contributed by atoms with Crippen molar-refractivity contribution >= 4 is 0 Å². The van der Waals surface area contributed by atoms with Gasteiger partial charge in [-0.1, -0.05) is 25.1 Å². The van der Waals surface area contributed by atoms with Crippen LogP contribution in [0.3, 0.4) is 0 Å². The zero-order valence-electron chi connectivity index (χ0n) is 9.35. The van der Waals surface area contributed by atoms with E-state index in [0.29, 0.717) is 5.41 Å². The Morgan fingerprint density at radius 2 is 2.00 bits per heavy atom. The van der Waals surface area contributed by atoms with E-state index < -0.39 is 0 Å². The molecule has 1 fully saturated rings. The minimum absolute atomic E-state index is 0.360. The number of rotatable bonds is 1. The predicted octanol–water partition coefficient (Wildman–Crippen LogP) is 2.55. The van der Waals surface area contributed by atoms with Crippen LogP contribution in [0, 0.1) is 13.8 Å². The van der Waals surface area contributed by atoms with E-state index in [0.717, 1.165) is 13.1 Å². The molecule has 1 heteroatoms. The van der Waals surface area contributed by atoms with Crippen molar-refractivity contribution in [2.75, 3.05) is 13.1 Å². The van der Waals surface area contributed by atoms with Crippen molar-refractivity contribution in [2.45, 2.75) is 32.6 Å². The highest BCUT2D eigenvalue weighted by atomic mass is 14.9. The average molecular weight is 189 g/mol. The Kier molecular flexibility index (Phi) is 2.36. The summed E-state index contributed by atoms with van der Waals surface area (Å²) in [4.78, 5) is 0. The average Bonchev–Trinajstić information content (AvgIpc) is 2.58. The first-order valence-electron chi connectivity index (χ1n) is 5.40. The predicted molar refractivity (Wildman–Crippen MR) is 60.8 cm³/mol. The van der Waals surface area contributed by atoms with E-state index in [1.807, 2.05) is 0 Å². The molecule has 0 aliphatic carbocycles. The molecule has 76 valence electrons. The summed E-state index contributed by atoms with van der Waals surface area (Å²) in [5.41, 5.74) is 4.66. The van der Waals surface area contributed by atoms with Crippen molar-refractivity contribution in [1.29, 1.82) is 0 Å². The summed E-state index contributed by atoms with van der Waals surface area (Å²) >= 11 is 0. The van der Waals surface area contributed by atoms with Gasteiger partial charge < -0.3 is 5.32 Å². The molecule has 1 aliphatic rings. The monoisotopic (exact) mass is 189 g/mol. The van der Waals surface area contributed by atoms with Crippen LogP contribution in [-0.4, -0.2) is 13.1 Å². The van der Waals surface area contributed by atoms with Crippen molar-refractivity contribution in [2.24, 2.45) is 0 Å². The third kappa shape index (κ3) is 1.57. The van der Waals surface area contributed by atoms with Crippen molar-refractivity contribution in [3.05, 3.63) is 34.9 Å². The van der Waals surface area contributed by atoms with Gasteiger partial charge in [-0.2, -0.15) is 0 Å². The van der Waals surface area contributed by atoms with Crippen LogP contribution < -0.4 is 5.32 Å². The van der Waals surface area contributed by atoms with Gasteiger partial charge in [0.25, 0.3) is 0 Å². The molecule has 1 unspecified atom stereocenters. The van der Waals surface area contributed by atoms with Crippen molar-refractivity contribution in [1.82, 2.24) is 5.32 Å². The molecule has 1 N–H and O–H groups in total. The van der Waals surface area contributed by atoms with E-state index in [4.69, 9.17) is 0 Å². The minimum atomic E-state index is 0.360. The fourth-order valence-corrected chi connectivity index (χ4v) is 2.18. The summed E-state index contributed by atoms with van der Waals surface area (Å²) in [6, 6.07) is 6.88. The first kappa shape index (κ1) is 9.72.